The molecule has 4 rings (SSSR count). The molecule has 0 radical (unpaired) electrons. The quantitative estimate of drug-likeness (QED) is 0.706. The summed E-state index contributed by atoms with van der Waals surface area (Å²) in [4.78, 5) is 16.8. The molecule has 1 aliphatic rings. The third kappa shape index (κ3) is 4.03. The maximum atomic E-state index is 12.3. The number of aromatic nitrogens is 2. The number of nitrogens with one attached hydrogen (secondary N) is 1. The van der Waals surface area contributed by atoms with Crippen LogP contribution in [0.15, 0.2) is 42.7 Å². The minimum absolute atomic E-state index is 0.00442. The molecular formula is C20H21N3O3S. The van der Waals surface area contributed by atoms with Gasteiger partial charge in [0, 0.05) is 18.1 Å². The lowest BCUT2D eigenvalue weighted by Gasteiger charge is -2.14. The lowest BCUT2D eigenvalue weighted by Crippen LogP contribution is -2.28. The number of ether oxygens (including phenoxy) is 2. The van der Waals surface area contributed by atoms with Gasteiger partial charge in [-0.25, -0.2) is 4.98 Å². The highest BCUT2D eigenvalue weighted by Crippen LogP contribution is 2.34. The van der Waals surface area contributed by atoms with Crippen LogP contribution in [0.1, 0.15) is 29.8 Å². The summed E-state index contributed by atoms with van der Waals surface area (Å²) in [5.74, 6) is 2.57. The lowest BCUT2D eigenvalue weighted by molar-refractivity contribution is -0.119. The minimum Gasteiger partial charge on any atom is -0.454 e. The Morgan fingerprint density at radius 3 is 3.00 bits per heavy atom. The highest BCUT2D eigenvalue weighted by atomic mass is 32.2. The van der Waals surface area contributed by atoms with Crippen molar-refractivity contribution >= 4 is 23.3 Å². The van der Waals surface area contributed by atoms with Crippen molar-refractivity contribution in [2.45, 2.75) is 25.6 Å². The van der Waals surface area contributed by atoms with E-state index in [0.29, 0.717) is 11.5 Å². The van der Waals surface area contributed by atoms with Gasteiger partial charge in [-0.05, 0) is 43.2 Å². The van der Waals surface area contributed by atoms with E-state index in [0.717, 1.165) is 28.4 Å². The predicted molar refractivity (Wildman–Crippen MR) is 105 cm³/mol. The molecule has 2 aromatic heterocycles. The fourth-order valence-electron chi connectivity index (χ4n) is 3.02. The molecule has 0 aliphatic carbocycles. The van der Waals surface area contributed by atoms with Crippen molar-refractivity contribution in [3.05, 3.63) is 59.5 Å². The molecule has 3 heterocycles. The molecule has 0 saturated heterocycles. The van der Waals surface area contributed by atoms with Crippen LogP contribution in [-0.4, -0.2) is 27.8 Å². The molecule has 1 aliphatic heterocycles. The van der Waals surface area contributed by atoms with Crippen LogP contribution < -0.4 is 14.8 Å². The number of rotatable bonds is 6. The first-order chi connectivity index (χ1) is 13.1. The third-order valence-corrected chi connectivity index (χ3v) is 5.37. The number of hydrogen-bond acceptors (Lipinski definition) is 5. The number of aryl methyl sites for hydroxylation is 1. The topological polar surface area (TPSA) is 64.9 Å². The predicted octanol–water partition coefficient (Wildman–Crippen LogP) is 3.48. The molecule has 1 unspecified atom stereocenters. The first-order valence-corrected chi connectivity index (χ1v) is 9.95. The third-order valence-electron chi connectivity index (χ3n) is 4.41. The van der Waals surface area contributed by atoms with Gasteiger partial charge in [-0.1, -0.05) is 12.1 Å². The second kappa shape index (κ2) is 7.52. The lowest BCUT2D eigenvalue weighted by atomic mass is 10.1. The van der Waals surface area contributed by atoms with Crippen LogP contribution in [0.5, 0.6) is 11.5 Å². The van der Waals surface area contributed by atoms with E-state index >= 15 is 0 Å². The van der Waals surface area contributed by atoms with Gasteiger partial charge < -0.3 is 19.2 Å². The molecule has 1 aromatic carbocycles. The van der Waals surface area contributed by atoms with Crippen molar-refractivity contribution in [1.29, 1.82) is 0 Å². The number of amides is 1. The smallest absolute Gasteiger partial charge is 0.231 e. The number of pyridine rings is 1. The Bertz CT molecular complexity index is 986. The highest BCUT2D eigenvalue weighted by Gasteiger charge is 2.17. The zero-order chi connectivity index (χ0) is 18.8. The van der Waals surface area contributed by atoms with Crippen LogP contribution in [-0.2, 0) is 10.5 Å². The molecule has 1 amide bonds. The van der Waals surface area contributed by atoms with Crippen molar-refractivity contribution < 1.29 is 14.3 Å². The van der Waals surface area contributed by atoms with Crippen LogP contribution in [0, 0.1) is 6.92 Å². The van der Waals surface area contributed by atoms with E-state index in [-0.39, 0.29) is 18.7 Å². The van der Waals surface area contributed by atoms with Crippen LogP contribution in [0.3, 0.4) is 0 Å². The summed E-state index contributed by atoms with van der Waals surface area (Å²) in [6, 6.07) is 9.70. The Labute approximate surface area is 161 Å². The SMILES string of the molecule is Cc1ccc2nc(CSCC(=O)NC(C)c3ccc4c(c3)OCO4)cn2c1. The maximum Gasteiger partial charge on any atom is 0.231 e. The Hall–Kier alpha value is -2.67. The van der Waals surface area contributed by atoms with E-state index in [2.05, 4.69) is 23.4 Å². The van der Waals surface area contributed by atoms with Gasteiger partial charge in [-0.3, -0.25) is 4.79 Å². The summed E-state index contributed by atoms with van der Waals surface area (Å²) in [7, 11) is 0. The number of fused-ring (bicyclic) bond motifs is 2. The van der Waals surface area contributed by atoms with Gasteiger partial charge >= 0.3 is 0 Å². The number of benzene rings is 1. The van der Waals surface area contributed by atoms with Gasteiger partial charge in [-0.15, -0.1) is 11.8 Å². The molecule has 0 saturated carbocycles. The number of imidazole rings is 1. The summed E-state index contributed by atoms with van der Waals surface area (Å²) in [5, 5.41) is 3.03. The molecule has 1 N–H and O–H groups in total. The highest BCUT2D eigenvalue weighted by molar-refractivity contribution is 7.99. The zero-order valence-electron chi connectivity index (χ0n) is 15.3. The van der Waals surface area contributed by atoms with Gasteiger partial charge in [0.05, 0.1) is 17.5 Å². The largest absolute Gasteiger partial charge is 0.454 e. The van der Waals surface area contributed by atoms with Crippen LogP contribution in [0.25, 0.3) is 5.65 Å². The molecule has 0 spiro atoms. The van der Waals surface area contributed by atoms with E-state index in [1.807, 2.05) is 47.9 Å². The summed E-state index contributed by atoms with van der Waals surface area (Å²) in [5.41, 5.74) is 4.09. The van der Waals surface area contributed by atoms with Crippen LogP contribution in [0.4, 0.5) is 0 Å². The van der Waals surface area contributed by atoms with Crippen LogP contribution in [0.2, 0.25) is 0 Å². The molecule has 3 aromatic rings. The van der Waals surface area contributed by atoms with E-state index in [1.54, 1.807) is 11.8 Å². The first-order valence-electron chi connectivity index (χ1n) is 8.79. The van der Waals surface area contributed by atoms with Gasteiger partial charge in [0.15, 0.2) is 11.5 Å². The monoisotopic (exact) mass is 383 g/mol. The second-order valence-electron chi connectivity index (χ2n) is 6.60. The van der Waals surface area contributed by atoms with E-state index in [4.69, 9.17) is 9.47 Å². The van der Waals surface area contributed by atoms with Crippen molar-refractivity contribution in [2.75, 3.05) is 12.5 Å². The fraction of sp³-hybridized carbons (Fsp3) is 0.300. The Balaban J connectivity index is 1.28. The Morgan fingerprint density at radius 2 is 2.11 bits per heavy atom. The maximum absolute atomic E-state index is 12.3. The number of thioether (sulfide) groups is 1. The molecule has 7 heteroatoms. The molecular weight excluding hydrogens is 362 g/mol. The number of carbonyl (C=O) groups is 1. The fourth-order valence-corrected chi connectivity index (χ4v) is 3.74. The summed E-state index contributed by atoms with van der Waals surface area (Å²) in [6.07, 6.45) is 4.07. The summed E-state index contributed by atoms with van der Waals surface area (Å²) in [6.45, 7) is 4.27. The first kappa shape index (κ1) is 17.7. The number of hydrogen-bond donors (Lipinski definition) is 1. The summed E-state index contributed by atoms with van der Waals surface area (Å²) >= 11 is 1.56. The normalized spacial score (nSPS) is 13.7. The van der Waals surface area contributed by atoms with Gasteiger partial charge in [0.2, 0.25) is 12.7 Å². The van der Waals surface area contributed by atoms with Crippen molar-refractivity contribution in [1.82, 2.24) is 14.7 Å². The van der Waals surface area contributed by atoms with Crippen molar-refractivity contribution in [3.63, 3.8) is 0 Å². The average molecular weight is 383 g/mol. The van der Waals surface area contributed by atoms with E-state index in [9.17, 15) is 4.79 Å². The van der Waals surface area contributed by atoms with E-state index < -0.39 is 0 Å². The molecule has 27 heavy (non-hydrogen) atoms. The van der Waals surface area contributed by atoms with Gasteiger partial charge in [0.25, 0.3) is 0 Å². The van der Waals surface area contributed by atoms with Gasteiger partial charge in [0.1, 0.15) is 5.65 Å². The van der Waals surface area contributed by atoms with Gasteiger partial charge in [-0.2, -0.15) is 0 Å². The molecule has 0 fully saturated rings. The molecule has 1 atom stereocenters. The average Bonchev–Trinajstić information content (AvgIpc) is 3.26. The zero-order valence-corrected chi connectivity index (χ0v) is 16.1. The molecule has 0 bridgehead atoms. The standard InChI is InChI=1S/C20H21N3O3S/c1-13-3-6-19-22-16(9-23(19)8-13)10-27-11-20(24)21-14(2)15-4-5-17-18(7-15)26-12-25-17/h3-9,14H,10-12H2,1-2H3,(H,21,24). The second-order valence-corrected chi connectivity index (χ2v) is 7.58. The number of nitrogens with zero attached hydrogens (tertiary/aromatic N) is 2. The number of carbonyl (C=O) groups excluding carboxylic acids is 1. The summed E-state index contributed by atoms with van der Waals surface area (Å²) < 4.78 is 12.7. The van der Waals surface area contributed by atoms with Crippen LogP contribution >= 0.6 is 11.8 Å². The Morgan fingerprint density at radius 1 is 1.26 bits per heavy atom. The molecule has 6 nitrogen and oxygen atoms in total. The van der Waals surface area contributed by atoms with E-state index in [1.165, 1.54) is 5.56 Å². The Kier molecular flexibility index (Phi) is 4.94. The molecule has 140 valence electrons. The minimum atomic E-state index is -0.0919. The van der Waals surface area contributed by atoms with Crippen molar-refractivity contribution in [3.8, 4) is 11.5 Å². The van der Waals surface area contributed by atoms with Crippen molar-refractivity contribution in [2.24, 2.45) is 0 Å².